The van der Waals surface area contributed by atoms with Gasteiger partial charge in [-0.2, -0.15) is 0 Å². The van der Waals surface area contributed by atoms with E-state index in [4.69, 9.17) is 15.2 Å². The van der Waals surface area contributed by atoms with Gasteiger partial charge in [-0.15, -0.1) is 0 Å². The molecule has 0 radical (unpaired) electrons. The summed E-state index contributed by atoms with van der Waals surface area (Å²) in [5, 5.41) is 0. The molecule has 3 atom stereocenters. The molecule has 0 aromatic rings. The van der Waals surface area contributed by atoms with Crippen LogP contribution in [0.3, 0.4) is 0 Å². The molecule has 3 aliphatic rings. The lowest BCUT2D eigenvalue weighted by molar-refractivity contribution is -0.193. The normalized spacial score (nSPS) is 39.5. The molecule has 3 fully saturated rings. The van der Waals surface area contributed by atoms with Crippen molar-refractivity contribution in [1.29, 1.82) is 0 Å². The minimum atomic E-state index is -0.328. The Balaban J connectivity index is 1.65. The van der Waals surface area contributed by atoms with E-state index < -0.39 is 0 Å². The van der Waals surface area contributed by atoms with Crippen LogP contribution in [-0.4, -0.2) is 73.1 Å². The fourth-order valence-corrected chi connectivity index (χ4v) is 4.10. The largest absolute Gasteiger partial charge is 0.347 e. The van der Waals surface area contributed by atoms with Crippen LogP contribution >= 0.6 is 0 Å². The summed E-state index contributed by atoms with van der Waals surface area (Å²) in [7, 11) is 0. The van der Waals surface area contributed by atoms with Gasteiger partial charge in [-0.3, -0.25) is 9.80 Å². The van der Waals surface area contributed by atoms with Crippen molar-refractivity contribution in [3.63, 3.8) is 0 Å². The van der Waals surface area contributed by atoms with Crippen LogP contribution in [0.25, 0.3) is 0 Å². The molecule has 0 aromatic heterocycles. The molecule has 20 heavy (non-hydrogen) atoms. The predicted octanol–water partition coefficient (Wildman–Crippen LogP) is 0.635. The molecule has 2 N–H and O–H groups in total. The summed E-state index contributed by atoms with van der Waals surface area (Å²) in [6.45, 7) is 10.6. The van der Waals surface area contributed by atoms with Gasteiger partial charge in [0.25, 0.3) is 0 Å². The molecule has 1 spiro atoms. The molecule has 116 valence electrons. The molecule has 0 bridgehead atoms. The summed E-state index contributed by atoms with van der Waals surface area (Å²) < 4.78 is 11.8. The number of piperazine rings is 1. The topological polar surface area (TPSA) is 51.0 Å². The Bertz CT molecular complexity index is 333. The Morgan fingerprint density at radius 2 is 2.00 bits per heavy atom. The highest BCUT2D eigenvalue weighted by molar-refractivity contribution is 4.97. The standard InChI is InChI=1S/C15H29N3O2/c1-3-17-6-7-18(11-12(17)2)14-10-15(5-4-13(14)16)19-8-9-20-15/h12-14H,3-11,16H2,1-2H3. The summed E-state index contributed by atoms with van der Waals surface area (Å²) in [5.41, 5.74) is 6.41. The molecule has 2 heterocycles. The zero-order valence-corrected chi connectivity index (χ0v) is 12.9. The lowest BCUT2D eigenvalue weighted by Gasteiger charge is -2.49. The Morgan fingerprint density at radius 1 is 1.25 bits per heavy atom. The first-order valence-corrected chi connectivity index (χ1v) is 8.15. The van der Waals surface area contributed by atoms with E-state index in [2.05, 4.69) is 23.6 Å². The van der Waals surface area contributed by atoms with Crippen molar-refractivity contribution in [2.24, 2.45) is 5.73 Å². The molecule has 3 unspecified atom stereocenters. The van der Waals surface area contributed by atoms with E-state index in [1.807, 2.05) is 0 Å². The van der Waals surface area contributed by atoms with Gasteiger partial charge in [0.05, 0.1) is 13.2 Å². The van der Waals surface area contributed by atoms with Crippen LogP contribution in [0, 0.1) is 0 Å². The molecule has 0 amide bonds. The van der Waals surface area contributed by atoms with E-state index in [1.165, 1.54) is 0 Å². The average Bonchev–Trinajstić information content (AvgIpc) is 2.90. The van der Waals surface area contributed by atoms with E-state index in [-0.39, 0.29) is 11.8 Å². The second-order valence-electron chi connectivity index (χ2n) is 6.55. The van der Waals surface area contributed by atoms with Gasteiger partial charge >= 0.3 is 0 Å². The van der Waals surface area contributed by atoms with Gasteiger partial charge in [0.1, 0.15) is 0 Å². The lowest BCUT2D eigenvalue weighted by Crippen LogP contribution is -2.62. The van der Waals surface area contributed by atoms with Gasteiger partial charge in [-0.05, 0) is 19.9 Å². The zero-order chi connectivity index (χ0) is 14.2. The number of hydrogen-bond acceptors (Lipinski definition) is 5. The van der Waals surface area contributed by atoms with Crippen molar-refractivity contribution < 1.29 is 9.47 Å². The monoisotopic (exact) mass is 283 g/mol. The second-order valence-corrected chi connectivity index (χ2v) is 6.55. The van der Waals surface area contributed by atoms with Crippen molar-refractivity contribution >= 4 is 0 Å². The summed E-state index contributed by atoms with van der Waals surface area (Å²) >= 11 is 0. The third-order valence-corrected chi connectivity index (χ3v) is 5.36. The highest BCUT2D eigenvalue weighted by Crippen LogP contribution is 2.37. The van der Waals surface area contributed by atoms with E-state index in [1.54, 1.807) is 0 Å². The van der Waals surface area contributed by atoms with Crippen molar-refractivity contribution in [2.45, 2.75) is 57.0 Å². The van der Waals surface area contributed by atoms with Crippen LogP contribution in [0.1, 0.15) is 33.1 Å². The van der Waals surface area contributed by atoms with Crippen LogP contribution in [-0.2, 0) is 9.47 Å². The van der Waals surface area contributed by atoms with Crippen molar-refractivity contribution in [1.82, 2.24) is 9.80 Å². The van der Waals surface area contributed by atoms with Crippen LogP contribution in [0.15, 0.2) is 0 Å². The molecule has 1 saturated carbocycles. The number of nitrogens with zero attached hydrogens (tertiary/aromatic N) is 2. The number of hydrogen-bond donors (Lipinski definition) is 1. The summed E-state index contributed by atoms with van der Waals surface area (Å²) in [5.74, 6) is -0.328. The van der Waals surface area contributed by atoms with Gasteiger partial charge in [0, 0.05) is 50.6 Å². The first kappa shape index (κ1) is 14.7. The van der Waals surface area contributed by atoms with Crippen molar-refractivity contribution in [3.8, 4) is 0 Å². The third-order valence-electron chi connectivity index (χ3n) is 5.36. The molecule has 0 aromatic carbocycles. The first-order valence-electron chi connectivity index (χ1n) is 8.15. The molecule has 1 aliphatic carbocycles. The lowest BCUT2D eigenvalue weighted by atomic mass is 9.84. The van der Waals surface area contributed by atoms with Crippen LogP contribution in [0.4, 0.5) is 0 Å². The SMILES string of the molecule is CCN1CCN(C2CC3(CCC2N)OCCO3)CC1C. The number of rotatable bonds is 2. The maximum Gasteiger partial charge on any atom is 0.170 e. The Hall–Kier alpha value is -0.200. The Kier molecular flexibility index (Phi) is 4.34. The van der Waals surface area contributed by atoms with Gasteiger partial charge in [0.15, 0.2) is 5.79 Å². The minimum Gasteiger partial charge on any atom is -0.347 e. The first-order chi connectivity index (χ1) is 9.63. The highest BCUT2D eigenvalue weighted by atomic mass is 16.7. The number of nitrogens with two attached hydrogens (primary N) is 1. The van der Waals surface area contributed by atoms with Gasteiger partial charge in [-0.1, -0.05) is 6.92 Å². The molecule has 2 aliphatic heterocycles. The van der Waals surface area contributed by atoms with E-state index in [0.717, 1.165) is 58.7 Å². The molecule has 3 rings (SSSR count). The minimum absolute atomic E-state index is 0.258. The number of likely N-dealkylation sites (N-methyl/N-ethyl adjacent to an activating group) is 1. The third kappa shape index (κ3) is 2.74. The molecular weight excluding hydrogens is 254 g/mol. The van der Waals surface area contributed by atoms with Crippen LogP contribution < -0.4 is 5.73 Å². The van der Waals surface area contributed by atoms with Gasteiger partial charge in [-0.25, -0.2) is 0 Å². The predicted molar refractivity (Wildman–Crippen MR) is 78.5 cm³/mol. The molecule has 2 saturated heterocycles. The Labute approximate surface area is 122 Å². The second kappa shape index (κ2) is 5.89. The maximum absolute atomic E-state index is 6.41. The van der Waals surface area contributed by atoms with Gasteiger partial charge < -0.3 is 15.2 Å². The summed E-state index contributed by atoms with van der Waals surface area (Å²) in [6.07, 6.45) is 2.90. The van der Waals surface area contributed by atoms with Crippen molar-refractivity contribution in [3.05, 3.63) is 0 Å². The molecule has 5 heteroatoms. The fourth-order valence-electron chi connectivity index (χ4n) is 4.10. The van der Waals surface area contributed by atoms with Gasteiger partial charge in [0.2, 0.25) is 0 Å². The number of ether oxygens (including phenoxy) is 2. The van der Waals surface area contributed by atoms with Crippen LogP contribution in [0.5, 0.6) is 0 Å². The maximum atomic E-state index is 6.41. The smallest absolute Gasteiger partial charge is 0.170 e. The van der Waals surface area contributed by atoms with E-state index >= 15 is 0 Å². The quantitative estimate of drug-likeness (QED) is 0.806. The summed E-state index contributed by atoms with van der Waals surface area (Å²) in [4.78, 5) is 5.12. The zero-order valence-electron chi connectivity index (χ0n) is 12.9. The fraction of sp³-hybridized carbons (Fsp3) is 1.00. The van der Waals surface area contributed by atoms with E-state index in [0.29, 0.717) is 12.1 Å². The highest BCUT2D eigenvalue weighted by Gasteiger charge is 2.46. The van der Waals surface area contributed by atoms with E-state index in [9.17, 15) is 0 Å². The van der Waals surface area contributed by atoms with Crippen molar-refractivity contribution in [2.75, 3.05) is 39.4 Å². The Morgan fingerprint density at radius 3 is 2.65 bits per heavy atom. The molecular formula is C15H29N3O2. The summed E-state index contributed by atoms with van der Waals surface area (Å²) in [6, 6.07) is 1.28. The average molecular weight is 283 g/mol. The van der Waals surface area contributed by atoms with Crippen LogP contribution in [0.2, 0.25) is 0 Å². The molecule has 5 nitrogen and oxygen atoms in total.